The summed E-state index contributed by atoms with van der Waals surface area (Å²) in [5.41, 5.74) is 8.82. The number of benzene rings is 3. The third-order valence-corrected chi connectivity index (χ3v) is 5.17. The summed E-state index contributed by atoms with van der Waals surface area (Å²) in [5.74, 6) is 11.5. The van der Waals surface area contributed by atoms with Crippen molar-refractivity contribution in [1.82, 2.24) is 4.98 Å². The Hall–Kier alpha value is -4.27. The van der Waals surface area contributed by atoms with E-state index in [0.29, 0.717) is 0 Å². The number of hydrogen-bond acceptors (Lipinski definition) is 2. The fourth-order valence-corrected chi connectivity index (χ4v) is 3.53. The van der Waals surface area contributed by atoms with Crippen molar-refractivity contribution in [1.29, 1.82) is 0 Å². The van der Waals surface area contributed by atoms with Crippen LogP contribution in [0.3, 0.4) is 0 Å². The number of aromatic nitrogens is 1. The lowest BCUT2D eigenvalue weighted by Crippen LogP contribution is -2.09. The molecule has 0 aliphatic carbocycles. The minimum absolute atomic E-state index is 0.948. The lowest BCUT2D eigenvalue weighted by molar-refractivity contribution is 1.20. The molecule has 154 valence electrons. The molecule has 0 atom stereocenters. The lowest BCUT2D eigenvalue weighted by Gasteiger charge is -2.26. The van der Waals surface area contributed by atoms with Crippen molar-refractivity contribution in [3.05, 3.63) is 108 Å². The third kappa shape index (κ3) is 4.89. The van der Waals surface area contributed by atoms with E-state index in [1.54, 1.807) is 6.92 Å². The maximum absolute atomic E-state index is 4.30. The van der Waals surface area contributed by atoms with Gasteiger partial charge in [-0.2, -0.15) is 0 Å². The summed E-state index contributed by atoms with van der Waals surface area (Å²) in [7, 11) is 0. The Morgan fingerprint density at radius 1 is 0.656 bits per heavy atom. The first-order valence-electron chi connectivity index (χ1n) is 10.6. The van der Waals surface area contributed by atoms with Crippen LogP contribution in [-0.2, 0) is 0 Å². The highest BCUT2D eigenvalue weighted by molar-refractivity contribution is 5.78. The smallest absolute Gasteiger partial charge is 0.0462 e. The number of aryl methyl sites for hydroxylation is 2. The fraction of sp³-hybridized carbons (Fsp3) is 0.100. The maximum atomic E-state index is 4.30. The molecule has 0 amide bonds. The van der Waals surface area contributed by atoms with Crippen molar-refractivity contribution >= 4 is 17.1 Å². The summed E-state index contributed by atoms with van der Waals surface area (Å²) in [6.45, 7) is 5.91. The van der Waals surface area contributed by atoms with Gasteiger partial charge >= 0.3 is 0 Å². The van der Waals surface area contributed by atoms with Crippen LogP contribution in [0.4, 0.5) is 17.1 Å². The summed E-state index contributed by atoms with van der Waals surface area (Å²) < 4.78 is 0. The number of pyridine rings is 1. The Morgan fingerprint density at radius 2 is 1.25 bits per heavy atom. The maximum Gasteiger partial charge on any atom is 0.0462 e. The van der Waals surface area contributed by atoms with E-state index in [2.05, 4.69) is 107 Å². The highest BCUT2D eigenvalue weighted by Gasteiger charge is 2.12. The molecule has 0 fully saturated rings. The molecule has 0 bridgehead atoms. The predicted molar refractivity (Wildman–Crippen MR) is 134 cm³/mol. The zero-order valence-electron chi connectivity index (χ0n) is 18.6. The van der Waals surface area contributed by atoms with E-state index in [-0.39, 0.29) is 0 Å². The minimum atomic E-state index is 0.948. The SMILES string of the molecule is CC#CC#Cc1ccc(N(c2ccc(C)cc2)c2ccc(-c3ccnc(C)c3)cc2)cc1. The zero-order chi connectivity index (χ0) is 22.3. The zero-order valence-corrected chi connectivity index (χ0v) is 18.6. The molecule has 4 rings (SSSR count). The molecule has 4 aromatic rings. The molecule has 1 heterocycles. The van der Waals surface area contributed by atoms with Gasteiger partial charge in [0.2, 0.25) is 0 Å². The van der Waals surface area contributed by atoms with Crippen molar-refractivity contribution in [2.75, 3.05) is 4.90 Å². The van der Waals surface area contributed by atoms with Crippen LogP contribution in [0, 0.1) is 37.5 Å². The number of nitrogens with zero attached hydrogens (tertiary/aromatic N) is 2. The van der Waals surface area contributed by atoms with Gasteiger partial charge in [-0.05, 0) is 104 Å². The average molecular weight is 413 g/mol. The van der Waals surface area contributed by atoms with Crippen molar-refractivity contribution in [2.24, 2.45) is 0 Å². The first kappa shape index (κ1) is 21.0. The third-order valence-electron chi connectivity index (χ3n) is 5.17. The second-order valence-corrected chi connectivity index (χ2v) is 7.58. The molecule has 0 unspecified atom stereocenters. The summed E-state index contributed by atoms with van der Waals surface area (Å²) in [5, 5.41) is 0. The van der Waals surface area contributed by atoms with Gasteiger partial charge in [0.15, 0.2) is 0 Å². The van der Waals surface area contributed by atoms with Gasteiger partial charge in [-0.1, -0.05) is 41.7 Å². The quantitative estimate of drug-likeness (QED) is 0.329. The largest absolute Gasteiger partial charge is 0.311 e. The molecule has 0 aliphatic heterocycles. The highest BCUT2D eigenvalue weighted by atomic mass is 15.1. The number of rotatable bonds is 4. The first-order valence-corrected chi connectivity index (χ1v) is 10.6. The van der Waals surface area contributed by atoms with Gasteiger partial charge in [-0.15, -0.1) is 0 Å². The molecule has 3 aromatic carbocycles. The molecule has 0 saturated carbocycles. The summed E-state index contributed by atoms with van der Waals surface area (Å²) in [4.78, 5) is 6.56. The lowest BCUT2D eigenvalue weighted by atomic mass is 10.0. The van der Waals surface area contributed by atoms with E-state index >= 15 is 0 Å². The Morgan fingerprint density at radius 3 is 1.84 bits per heavy atom. The minimum Gasteiger partial charge on any atom is -0.311 e. The van der Waals surface area contributed by atoms with Crippen molar-refractivity contribution < 1.29 is 0 Å². The summed E-state index contributed by atoms with van der Waals surface area (Å²) in [6.07, 6.45) is 1.85. The van der Waals surface area contributed by atoms with Crippen LogP contribution in [0.25, 0.3) is 11.1 Å². The Kier molecular flexibility index (Phi) is 6.35. The molecule has 0 saturated heterocycles. The monoisotopic (exact) mass is 412 g/mol. The molecular formula is C30H24N2. The van der Waals surface area contributed by atoms with Crippen LogP contribution in [0.1, 0.15) is 23.7 Å². The molecule has 2 heteroatoms. The van der Waals surface area contributed by atoms with Crippen LogP contribution >= 0.6 is 0 Å². The van der Waals surface area contributed by atoms with Crippen LogP contribution in [0.5, 0.6) is 0 Å². The van der Waals surface area contributed by atoms with E-state index in [0.717, 1.165) is 28.3 Å². The van der Waals surface area contributed by atoms with E-state index in [1.807, 2.05) is 31.3 Å². The highest BCUT2D eigenvalue weighted by Crippen LogP contribution is 2.35. The van der Waals surface area contributed by atoms with Crippen molar-refractivity contribution in [2.45, 2.75) is 20.8 Å². The Labute approximate surface area is 190 Å². The van der Waals surface area contributed by atoms with Crippen LogP contribution in [0.2, 0.25) is 0 Å². The van der Waals surface area contributed by atoms with E-state index in [9.17, 15) is 0 Å². The van der Waals surface area contributed by atoms with E-state index in [4.69, 9.17) is 0 Å². The molecule has 0 spiro atoms. The van der Waals surface area contributed by atoms with E-state index in [1.165, 1.54) is 16.7 Å². The summed E-state index contributed by atoms with van der Waals surface area (Å²) >= 11 is 0. The second kappa shape index (κ2) is 9.69. The van der Waals surface area contributed by atoms with Gasteiger partial charge in [0.05, 0.1) is 0 Å². The average Bonchev–Trinajstić information content (AvgIpc) is 2.82. The molecule has 2 nitrogen and oxygen atoms in total. The van der Waals surface area contributed by atoms with Crippen molar-refractivity contribution in [3.63, 3.8) is 0 Å². The van der Waals surface area contributed by atoms with Crippen LogP contribution in [-0.4, -0.2) is 4.98 Å². The van der Waals surface area contributed by atoms with Crippen LogP contribution < -0.4 is 4.90 Å². The van der Waals surface area contributed by atoms with Crippen LogP contribution in [0.15, 0.2) is 91.1 Å². The van der Waals surface area contributed by atoms with Gasteiger partial charge in [0.25, 0.3) is 0 Å². The fourth-order valence-electron chi connectivity index (χ4n) is 3.53. The first-order chi connectivity index (χ1) is 15.6. The predicted octanol–water partition coefficient (Wildman–Crippen LogP) is 7.21. The molecular weight excluding hydrogens is 388 g/mol. The normalized spacial score (nSPS) is 9.84. The molecule has 0 radical (unpaired) electrons. The summed E-state index contributed by atoms with van der Waals surface area (Å²) in [6, 6.07) is 29.7. The Balaban J connectivity index is 1.72. The molecule has 0 N–H and O–H groups in total. The molecule has 0 aliphatic rings. The second-order valence-electron chi connectivity index (χ2n) is 7.58. The van der Waals surface area contributed by atoms with Gasteiger partial charge in [0, 0.05) is 34.5 Å². The molecule has 1 aromatic heterocycles. The topological polar surface area (TPSA) is 16.1 Å². The van der Waals surface area contributed by atoms with Crippen molar-refractivity contribution in [3.8, 4) is 34.8 Å². The van der Waals surface area contributed by atoms with Gasteiger partial charge in [-0.25, -0.2) is 0 Å². The van der Waals surface area contributed by atoms with Gasteiger partial charge < -0.3 is 4.90 Å². The number of hydrogen-bond donors (Lipinski definition) is 0. The van der Waals surface area contributed by atoms with Gasteiger partial charge in [0.1, 0.15) is 0 Å². The van der Waals surface area contributed by atoms with Gasteiger partial charge in [-0.3, -0.25) is 4.98 Å². The Bertz CT molecular complexity index is 1330. The molecule has 32 heavy (non-hydrogen) atoms. The number of anilines is 3. The standard InChI is InChI=1S/C30H24N2/c1-4-5-6-7-25-10-16-29(17-11-25)32(28-14-8-23(2)9-15-28)30-18-12-26(13-19-30)27-20-21-31-24(3)22-27/h8-22H,1-3H3. The van der Waals surface area contributed by atoms with E-state index < -0.39 is 0 Å².